The molecule has 4 aliphatic rings. The molecule has 1 nitrogen and oxygen atoms in total. The maximum absolute atomic E-state index is 10.4. The van der Waals surface area contributed by atoms with Crippen molar-refractivity contribution in [3.05, 3.63) is 0 Å². The largest absolute Gasteiger partial charge is 0.393 e. The van der Waals surface area contributed by atoms with E-state index in [1.165, 1.54) is 57.8 Å². The predicted octanol–water partition coefficient (Wildman–Crippen LogP) is 7.71. The van der Waals surface area contributed by atoms with E-state index in [0.717, 1.165) is 60.2 Å². The van der Waals surface area contributed by atoms with Crippen LogP contribution in [0.15, 0.2) is 0 Å². The van der Waals surface area contributed by atoms with Crippen LogP contribution in [0.4, 0.5) is 0 Å². The van der Waals surface area contributed by atoms with Crippen LogP contribution in [0.1, 0.15) is 112 Å². The Labute approximate surface area is 181 Å². The van der Waals surface area contributed by atoms with E-state index in [1.54, 1.807) is 0 Å². The Morgan fingerprint density at radius 2 is 1.52 bits per heavy atom. The molecule has 4 fully saturated rings. The van der Waals surface area contributed by atoms with Crippen LogP contribution in [-0.4, -0.2) is 11.2 Å². The Hall–Kier alpha value is -0.0400. The monoisotopic (exact) mass is 402 g/mol. The van der Waals surface area contributed by atoms with Gasteiger partial charge in [0.25, 0.3) is 0 Å². The maximum atomic E-state index is 10.4. The summed E-state index contributed by atoms with van der Waals surface area (Å²) in [5.74, 6) is 7.19. The van der Waals surface area contributed by atoms with E-state index in [9.17, 15) is 5.11 Å². The molecule has 0 aliphatic heterocycles. The Kier molecular flexibility index (Phi) is 6.22. The molecule has 1 heteroatoms. The summed E-state index contributed by atoms with van der Waals surface area (Å²) in [6.45, 7) is 15.2. The number of aliphatic hydroxyl groups is 1. The molecule has 4 aliphatic carbocycles. The molecule has 0 saturated heterocycles. The smallest absolute Gasteiger partial charge is 0.0543 e. The SMILES string of the molecule is CC(C)CCC[C@@H](C)[C@H]1CC[C@H]2[C@@H]3C[C@H](C)[C@H]4C[C@@H](O)CC[C@]4(C)[C@H]3CC[C@]12C. The van der Waals surface area contributed by atoms with E-state index in [1.807, 2.05) is 0 Å². The highest BCUT2D eigenvalue weighted by Crippen LogP contribution is 2.69. The summed E-state index contributed by atoms with van der Waals surface area (Å²) in [6, 6.07) is 0. The normalized spacial score (nSPS) is 50.7. The lowest BCUT2D eigenvalue weighted by atomic mass is 9.42. The van der Waals surface area contributed by atoms with Gasteiger partial charge in [-0.25, -0.2) is 0 Å². The van der Waals surface area contributed by atoms with Gasteiger partial charge in [-0.3, -0.25) is 0 Å². The van der Waals surface area contributed by atoms with Crippen LogP contribution in [0.5, 0.6) is 0 Å². The van der Waals surface area contributed by atoms with Crippen LogP contribution in [0.3, 0.4) is 0 Å². The third-order valence-corrected chi connectivity index (χ3v) is 11.2. The topological polar surface area (TPSA) is 20.2 Å². The molecule has 29 heavy (non-hydrogen) atoms. The van der Waals surface area contributed by atoms with Gasteiger partial charge < -0.3 is 5.11 Å². The second-order valence-electron chi connectivity index (χ2n) is 13.2. The first kappa shape index (κ1) is 22.2. The van der Waals surface area contributed by atoms with Crippen molar-refractivity contribution in [1.29, 1.82) is 0 Å². The molecule has 0 radical (unpaired) electrons. The third-order valence-electron chi connectivity index (χ3n) is 11.2. The number of aliphatic hydroxyl groups excluding tert-OH is 1. The van der Waals surface area contributed by atoms with Gasteiger partial charge in [0, 0.05) is 0 Å². The van der Waals surface area contributed by atoms with Gasteiger partial charge in [-0.05, 0) is 110 Å². The van der Waals surface area contributed by atoms with Crippen LogP contribution >= 0.6 is 0 Å². The van der Waals surface area contributed by atoms with E-state index in [4.69, 9.17) is 0 Å². The average Bonchev–Trinajstić information content (AvgIpc) is 3.00. The average molecular weight is 403 g/mol. The quantitative estimate of drug-likeness (QED) is 0.499. The molecular weight excluding hydrogens is 352 g/mol. The summed E-state index contributed by atoms with van der Waals surface area (Å²) in [4.78, 5) is 0. The lowest BCUT2D eigenvalue weighted by Gasteiger charge is -2.63. The highest BCUT2D eigenvalue weighted by atomic mass is 16.3. The van der Waals surface area contributed by atoms with E-state index in [0.29, 0.717) is 10.8 Å². The van der Waals surface area contributed by atoms with Crippen LogP contribution in [0, 0.1) is 58.2 Å². The van der Waals surface area contributed by atoms with E-state index >= 15 is 0 Å². The van der Waals surface area contributed by atoms with Crippen molar-refractivity contribution >= 4 is 0 Å². The fraction of sp³-hybridized carbons (Fsp3) is 1.00. The Morgan fingerprint density at radius 3 is 2.24 bits per heavy atom. The van der Waals surface area contributed by atoms with Crippen molar-refractivity contribution in [2.24, 2.45) is 58.2 Å². The molecule has 0 unspecified atom stereocenters. The van der Waals surface area contributed by atoms with Gasteiger partial charge in [0.15, 0.2) is 0 Å². The Bertz CT molecular complexity index is 569. The first-order valence-electron chi connectivity index (χ1n) is 13.3. The number of hydrogen-bond donors (Lipinski definition) is 1. The summed E-state index contributed by atoms with van der Waals surface area (Å²) >= 11 is 0. The molecule has 168 valence electrons. The number of hydrogen-bond acceptors (Lipinski definition) is 1. The van der Waals surface area contributed by atoms with Gasteiger partial charge in [-0.2, -0.15) is 0 Å². The summed E-state index contributed by atoms with van der Waals surface area (Å²) < 4.78 is 0. The summed E-state index contributed by atoms with van der Waals surface area (Å²) in [6.07, 6.45) is 15.1. The van der Waals surface area contributed by atoms with Gasteiger partial charge in [0.05, 0.1) is 6.10 Å². The molecule has 4 saturated carbocycles. The zero-order valence-corrected chi connectivity index (χ0v) is 20.4. The zero-order chi connectivity index (χ0) is 21.0. The fourth-order valence-electron chi connectivity index (χ4n) is 9.74. The zero-order valence-electron chi connectivity index (χ0n) is 20.4. The third kappa shape index (κ3) is 3.74. The Balaban J connectivity index is 1.50. The molecule has 1 N–H and O–H groups in total. The first-order chi connectivity index (χ1) is 13.7. The van der Waals surface area contributed by atoms with Crippen molar-refractivity contribution in [1.82, 2.24) is 0 Å². The predicted molar refractivity (Wildman–Crippen MR) is 124 cm³/mol. The van der Waals surface area contributed by atoms with Gasteiger partial charge in [0.2, 0.25) is 0 Å². The van der Waals surface area contributed by atoms with Crippen molar-refractivity contribution in [2.75, 3.05) is 0 Å². The molecular formula is C28H50O. The number of rotatable bonds is 5. The van der Waals surface area contributed by atoms with Crippen molar-refractivity contribution in [3.8, 4) is 0 Å². The minimum absolute atomic E-state index is 0.0246. The minimum atomic E-state index is -0.0246. The van der Waals surface area contributed by atoms with Crippen molar-refractivity contribution in [3.63, 3.8) is 0 Å². The molecule has 0 spiro atoms. The van der Waals surface area contributed by atoms with Crippen molar-refractivity contribution in [2.45, 2.75) is 118 Å². The van der Waals surface area contributed by atoms with Gasteiger partial charge in [-0.15, -0.1) is 0 Å². The highest BCUT2D eigenvalue weighted by Gasteiger charge is 2.61. The standard InChI is InChI=1S/C28H50O/c1-18(2)8-7-9-19(3)23-10-11-24-22-16-20(4)26-17-21(29)12-14-28(26,6)25(22)13-15-27(23,24)5/h18-26,29H,7-17H2,1-6H3/t19-,20+,21+,22+,23-,24+,25+,26-,27-,28-/m1/s1. The first-order valence-corrected chi connectivity index (χ1v) is 13.3. The molecule has 0 heterocycles. The summed E-state index contributed by atoms with van der Waals surface area (Å²) in [5, 5.41) is 10.4. The van der Waals surface area contributed by atoms with Gasteiger partial charge in [-0.1, -0.05) is 60.8 Å². The van der Waals surface area contributed by atoms with E-state index in [2.05, 4.69) is 41.5 Å². The molecule has 0 aromatic carbocycles. The van der Waals surface area contributed by atoms with Crippen molar-refractivity contribution < 1.29 is 5.11 Å². The van der Waals surface area contributed by atoms with Crippen LogP contribution in [0.2, 0.25) is 0 Å². The summed E-state index contributed by atoms with van der Waals surface area (Å²) in [5.41, 5.74) is 1.11. The minimum Gasteiger partial charge on any atom is -0.393 e. The van der Waals surface area contributed by atoms with Crippen LogP contribution in [-0.2, 0) is 0 Å². The van der Waals surface area contributed by atoms with Crippen LogP contribution < -0.4 is 0 Å². The fourth-order valence-corrected chi connectivity index (χ4v) is 9.74. The van der Waals surface area contributed by atoms with Gasteiger partial charge >= 0.3 is 0 Å². The lowest BCUT2D eigenvalue weighted by molar-refractivity contribution is -0.149. The molecule has 4 rings (SSSR count). The molecule has 0 aromatic heterocycles. The second-order valence-corrected chi connectivity index (χ2v) is 13.2. The molecule has 0 amide bonds. The molecule has 10 atom stereocenters. The highest BCUT2D eigenvalue weighted by molar-refractivity contribution is 5.10. The Morgan fingerprint density at radius 1 is 0.828 bits per heavy atom. The van der Waals surface area contributed by atoms with E-state index < -0.39 is 0 Å². The maximum Gasteiger partial charge on any atom is 0.0543 e. The van der Waals surface area contributed by atoms with Crippen LogP contribution in [0.25, 0.3) is 0 Å². The molecule has 0 bridgehead atoms. The second kappa shape index (κ2) is 8.14. The van der Waals surface area contributed by atoms with E-state index in [-0.39, 0.29) is 6.10 Å². The number of fused-ring (bicyclic) bond motifs is 5. The molecule has 0 aromatic rings. The lowest BCUT2D eigenvalue weighted by Crippen LogP contribution is -2.56. The summed E-state index contributed by atoms with van der Waals surface area (Å²) in [7, 11) is 0. The van der Waals surface area contributed by atoms with Gasteiger partial charge in [0.1, 0.15) is 0 Å².